The number of carbonyl (C=O) groups excluding carboxylic acids is 1. The predicted molar refractivity (Wildman–Crippen MR) is 71.6 cm³/mol. The molecule has 2 aromatic heterocycles. The number of hydrogen-bond acceptors (Lipinski definition) is 4. The van der Waals surface area contributed by atoms with Gasteiger partial charge in [0.1, 0.15) is 0 Å². The molecule has 5 nitrogen and oxygen atoms in total. The first-order valence-corrected chi connectivity index (χ1v) is 7.18. The van der Waals surface area contributed by atoms with Crippen LogP contribution in [0.4, 0.5) is 4.79 Å². The Balaban J connectivity index is 1.78. The molecule has 0 unspecified atom stereocenters. The maximum Gasteiger partial charge on any atom is 0.361 e. The average molecular weight is 278 g/mol. The lowest BCUT2D eigenvalue weighted by Gasteiger charge is -2.11. The van der Waals surface area contributed by atoms with Crippen LogP contribution in [0.1, 0.15) is 29.0 Å². The van der Waals surface area contributed by atoms with Gasteiger partial charge >= 0.3 is 11.7 Å². The molecule has 0 saturated heterocycles. The van der Waals surface area contributed by atoms with Crippen molar-refractivity contribution < 1.29 is 9.32 Å². The number of amides is 1. The van der Waals surface area contributed by atoms with Crippen LogP contribution >= 0.6 is 11.3 Å². The minimum absolute atomic E-state index is 0.367. The Morgan fingerprint density at radius 3 is 3.05 bits per heavy atom. The quantitative estimate of drug-likeness (QED) is 0.915. The zero-order valence-corrected chi connectivity index (χ0v) is 11.2. The van der Waals surface area contributed by atoms with E-state index in [0.29, 0.717) is 18.5 Å². The maximum atomic E-state index is 12.0. The molecule has 1 amide bonds. The molecule has 0 aromatic carbocycles. The number of rotatable bonds is 2. The van der Waals surface area contributed by atoms with E-state index < -0.39 is 0 Å². The molecule has 0 saturated carbocycles. The van der Waals surface area contributed by atoms with Gasteiger partial charge in [0.25, 0.3) is 0 Å². The number of nitrogens with zero attached hydrogens (tertiary/aromatic N) is 1. The number of nitrogens with one attached hydrogen (secondary N) is 1. The summed E-state index contributed by atoms with van der Waals surface area (Å²) in [7, 11) is 0. The SMILES string of the molecule is O=C(NCc1cccs1)n1oc(=O)c2c1CCCC2. The van der Waals surface area contributed by atoms with Gasteiger partial charge in [0, 0.05) is 4.88 Å². The van der Waals surface area contributed by atoms with Gasteiger partial charge in [-0.15, -0.1) is 16.1 Å². The van der Waals surface area contributed by atoms with E-state index in [-0.39, 0.29) is 11.7 Å². The van der Waals surface area contributed by atoms with E-state index in [9.17, 15) is 9.59 Å². The molecule has 0 bridgehead atoms. The largest absolute Gasteiger partial charge is 0.361 e. The molecule has 0 spiro atoms. The normalized spacial score (nSPS) is 14.1. The summed E-state index contributed by atoms with van der Waals surface area (Å²) in [5, 5.41) is 4.72. The summed E-state index contributed by atoms with van der Waals surface area (Å²) in [4.78, 5) is 24.8. The van der Waals surface area contributed by atoms with Gasteiger partial charge in [0.15, 0.2) is 0 Å². The highest BCUT2D eigenvalue weighted by atomic mass is 32.1. The van der Waals surface area contributed by atoms with Gasteiger partial charge in [-0.3, -0.25) is 0 Å². The van der Waals surface area contributed by atoms with Crippen LogP contribution in [0, 0.1) is 0 Å². The monoisotopic (exact) mass is 278 g/mol. The van der Waals surface area contributed by atoms with Crippen molar-refractivity contribution in [2.75, 3.05) is 0 Å². The molecule has 0 atom stereocenters. The lowest BCUT2D eigenvalue weighted by Crippen LogP contribution is -2.29. The Morgan fingerprint density at radius 2 is 2.26 bits per heavy atom. The van der Waals surface area contributed by atoms with Crippen LogP contribution in [-0.4, -0.2) is 10.8 Å². The van der Waals surface area contributed by atoms with Gasteiger partial charge in [-0.1, -0.05) is 6.07 Å². The number of fused-ring (bicyclic) bond motifs is 1. The van der Waals surface area contributed by atoms with Gasteiger partial charge in [0.05, 0.1) is 17.8 Å². The van der Waals surface area contributed by atoms with E-state index >= 15 is 0 Å². The highest BCUT2D eigenvalue weighted by molar-refractivity contribution is 7.09. The topological polar surface area (TPSA) is 64.2 Å². The number of carbonyl (C=O) groups is 1. The second-order valence-corrected chi connectivity index (χ2v) is 5.58. The molecule has 6 heteroatoms. The van der Waals surface area contributed by atoms with Crippen molar-refractivity contribution in [3.8, 4) is 0 Å². The third-order valence-corrected chi connectivity index (χ3v) is 4.16. The summed E-state index contributed by atoms with van der Waals surface area (Å²) in [5.74, 6) is 0. The summed E-state index contributed by atoms with van der Waals surface area (Å²) in [6.45, 7) is 0.452. The van der Waals surface area contributed by atoms with Gasteiger partial charge in [-0.2, -0.15) is 0 Å². The van der Waals surface area contributed by atoms with Crippen LogP contribution in [0.25, 0.3) is 0 Å². The molecule has 1 aliphatic rings. The molecule has 19 heavy (non-hydrogen) atoms. The predicted octanol–water partition coefficient (Wildman–Crippen LogP) is 2.14. The zero-order valence-electron chi connectivity index (χ0n) is 10.3. The van der Waals surface area contributed by atoms with Crippen LogP contribution in [0.2, 0.25) is 0 Å². The van der Waals surface area contributed by atoms with Crippen LogP contribution in [0.15, 0.2) is 26.8 Å². The lowest BCUT2D eigenvalue weighted by molar-refractivity contribution is 0.204. The second kappa shape index (κ2) is 5.05. The van der Waals surface area contributed by atoms with Crippen molar-refractivity contribution in [2.45, 2.75) is 32.2 Å². The third kappa shape index (κ3) is 2.35. The Labute approximate surface area is 113 Å². The Kier molecular flexibility index (Phi) is 3.25. The number of hydrogen-bond donors (Lipinski definition) is 1. The van der Waals surface area contributed by atoms with Gasteiger partial charge in [-0.05, 0) is 37.1 Å². The fraction of sp³-hybridized carbons (Fsp3) is 0.385. The molecule has 0 aliphatic heterocycles. The minimum atomic E-state index is -0.374. The lowest BCUT2D eigenvalue weighted by atomic mass is 9.98. The van der Waals surface area contributed by atoms with E-state index in [0.717, 1.165) is 34.6 Å². The summed E-state index contributed by atoms with van der Waals surface area (Å²) in [6.07, 6.45) is 3.42. The fourth-order valence-corrected chi connectivity index (χ4v) is 2.98. The first kappa shape index (κ1) is 12.2. The zero-order chi connectivity index (χ0) is 13.2. The fourth-order valence-electron chi connectivity index (χ4n) is 2.34. The molecular weight excluding hydrogens is 264 g/mol. The van der Waals surface area contributed by atoms with Crippen molar-refractivity contribution in [1.82, 2.24) is 10.1 Å². The summed E-state index contributed by atoms with van der Waals surface area (Å²) < 4.78 is 6.18. The molecule has 0 radical (unpaired) electrons. The second-order valence-electron chi connectivity index (χ2n) is 4.54. The smallest absolute Gasteiger partial charge is 0.330 e. The molecule has 100 valence electrons. The molecule has 3 rings (SSSR count). The van der Waals surface area contributed by atoms with E-state index in [2.05, 4.69) is 5.32 Å². The minimum Gasteiger partial charge on any atom is -0.330 e. The van der Waals surface area contributed by atoms with Crippen molar-refractivity contribution in [3.05, 3.63) is 44.1 Å². The van der Waals surface area contributed by atoms with Gasteiger partial charge in [-0.25, -0.2) is 9.59 Å². The molecule has 2 heterocycles. The van der Waals surface area contributed by atoms with Gasteiger partial charge < -0.3 is 9.84 Å². The third-order valence-electron chi connectivity index (χ3n) is 3.28. The van der Waals surface area contributed by atoms with Crippen molar-refractivity contribution in [3.63, 3.8) is 0 Å². The van der Waals surface area contributed by atoms with Crippen LogP contribution in [0.3, 0.4) is 0 Å². The van der Waals surface area contributed by atoms with Gasteiger partial charge in [0.2, 0.25) is 0 Å². The highest BCUT2D eigenvalue weighted by Crippen LogP contribution is 2.18. The van der Waals surface area contributed by atoms with E-state index in [1.54, 1.807) is 11.3 Å². The van der Waals surface area contributed by atoms with Crippen molar-refractivity contribution in [2.24, 2.45) is 0 Å². The highest BCUT2D eigenvalue weighted by Gasteiger charge is 2.23. The summed E-state index contributed by atoms with van der Waals surface area (Å²) >= 11 is 1.58. The van der Waals surface area contributed by atoms with Crippen molar-refractivity contribution in [1.29, 1.82) is 0 Å². The molecule has 1 N–H and O–H groups in total. The Bertz CT molecular complexity index is 639. The molecule has 2 aromatic rings. The summed E-state index contributed by atoms with van der Waals surface area (Å²) in [6, 6.07) is 3.52. The number of thiophene rings is 1. The van der Waals surface area contributed by atoms with Crippen LogP contribution < -0.4 is 10.9 Å². The molecular formula is C13H14N2O3S. The number of aromatic nitrogens is 1. The first-order valence-electron chi connectivity index (χ1n) is 6.30. The van der Waals surface area contributed by atoms with E-state index in [1.807, 2.05) is 17.5 Å². The molecule has 0 fully saturated rings. The Hall–Kier alpha value is -1.82. The first-order chi connectivity index (χ1) is 9.25. The van der Waals surface area contributed by atoms with Crippen LogP contribution in [-0.2, 0) is 19.4 Å². The van der Waals surface area contributed by atoms with E-state index in [4.69, 9.17) is 4.52 Å². The van der Waals surface area contributed by atoms with E-state index in [1.165, 1.54) is 0 Å². The van der Waals surface area contributed by atoms with Crippen LogP contribution in [0.5, 0.6) is 0 Å². The Morgan fingerprint density at radius 1 is 1.42 bits per heavy atom. The maximum absolute atomic E-state index is 12.0. The molecule has 1 aliphatic carbocycles. The van der Waals surface area contributed by atoms with Crippen molar-refractivity contribution >= 4 is 17.4 Å². The average Bonchev–Trinajstić information content (AvgIpc) is 3.05. The summed E-state index contributed by atoms with van der Waals surface area (Å²) in [5.41, 5.74) is 1.03. The standard InChI is InChI=1S/C13H14N2O3S/c16-12-10-5-1-2-6-11(10)15(18-12)13(17)14-8-9-4-3-7-19-9/h3-4,7H,1-2,5-6,8H2,(H,14,17).